The molecule has 4 atom stereocenters. The maximum Gasteiger partial charge on any atom is 0.0841 e. The molecule has 0 aromatic carbocycles. The third-order valence-corrected chi connectivity index (χ3v) is 3.37. The predicted molar refractivity (Wildman–Crippen MR) is 64.5 cm³/mol. The SMILES string of the molecule is CCCC1CCC(O)C(OC(C)COC)C1. The summed E-state index contributed by atoms with van der Waals surface area (Å²) in [6, 6.07) is 0. The second kappa shape index (κ2) is 7.25. The van der Waals surface area contributed by atoms with Crippen molar-refractivity contribution < 1.29 is 14.6 Å². The van der Waals surface area contributed by atoms with E-state index in [9.17, 15) is 5.11 Å². The van der Waals surface area contributed by atoms with E-state index in [1.807, 2.05) is 6.92 Å². The highest BCUT2D eigenvalue weighted by Gasteiger charge is 2.30. The van der Waals surface area contributed by atoms with Crippen LogP contribution in [-0.2, 0) is 9.47 Å². The molecule has 16 heavy (non-hydrogen) atoms. The van der Waals surface area contributed by atoms with Crippen LogP contribution in [0.3, 0.4) is 0 Å². The van der Waals surface area contributed by atoms with Gasteiger partial charge in [-0.2, -0.15) is 0 Å². The van der Waals surface area contributed by atoms with Gasteiger partial charge in [0.2, 0.25) is 0 Å². The molecule has 0 aliphatic heterocycles. The first-order valence-electron chi connectivity index (χ1n) is 6.49. The summed E-state index contributed by atoms with van der Waals surface area (Å²) in [4.78, 5) is 0. The number of ether oxygens (including phenoxy) is 2. The van der Waals surface area contributed by atoms with Crippen molar-refractivity contribution in [1.29, 1.82) is 0 Å². The van der Waals surface area contributed by atoms with E-state index in [1.54, 1.807) is 7.11 Å². The standard InChI is InChI=1S/C13H26O3/c1-4-5-11-6-7-12(14)13(8-11)16-10(2)9-15-3/h10-14H,4-9H2,1-3H3. The zero-order chi connectivity index (χ0) is 12.0. The van der Waals surface area contributed by atoms with Crippen molar-refractivity contribution >= 4 is 0 Å². The molecule has 3 nitrogen and oxygen atoms in total. The van der Waals surface area contributed by atoms with Gasteiger partial charge in [-0.15, -0.1) is 0 Å². The Bertz CT molecular complexity index is 182. The minimum Gasteiger partial charge on any atom is -0.390 e. The largest absolute Gasteiger partial charge is 0.390 e. The van der Waals surface area contributed by atoms with Crippen LogP contribution in [0.25, 0.3) is 0 Å². The van der Waals surface area contributed by atoms with Crippen LogP contribution in [0.2, 0.25) is 0 Å². The van der Waals surface area contributed by atoms with Crippen LogP contribution in [0.1, 0.15) is 46.0 Å². The number of hydrogen-bond acceptors (Lipinski definition) is 3. The minimum absolute atomic E-state index is 0.00968. The molecular formula is C13H26O3. The van der Waals surface area contributed by atoms with Crippen molar-refractivity contribution in [2.45, 2.75) is 64.3 Å². The van der Waals surface area contributed by atoms with E-state index in [2.05, 4.69) is 6.92 Å². The molecule has 1 N–H and O–H groups in total. The van der Waals surface area contributed by atoms with Crippen LogP contribution in [0.5, 0.6) is 0 Å². The van der Waals surface area contributed by atoms with Gasteiger partial charge in [-0.1, -0.05) is 19.8 Å². The molecule has 0 amide bonds. The average molecular weight is 230 g/mol. The Morgan fingerprint density at radius 2 is 2.12 bits per heavy atom. The minimum atomic E-state index is -0.285. The molecule has 3 heteroatoms. The van der Waals surface area contributed by atoms with Gasteiger partial charge in [-0.3, -0.25) is 0 Å². The fourth-order valence-corrected chi connectivity index (χ4v) is 2.58. The van der Waals surface area contributed by atoms with E-state index in [0.29, 0.717) is 6.61 Å². The maximum atomic E-state index is 9.91. The maximum absolute atomic E-state index is 9.91. The van der Waals surface area contributed by atoms with Crippen molar-refractivity contribution in [2.75, 3.05) is 13.7 Å². The van der Waals surface area contributed by atoms with Crippen molar-refractivity contribution in [3.05, 3.63) is 0 Å². The molecule has 1 saturated carbocycles. The Hall–Kier alpha value is -0.120. The predicted octanol–water partition coefficient (Wildman–Crippen LogP) is 2.37. The molecule has 0 bridgehead atoms. The molecule has 0 heterocycles. The summed E-state index contributed by atoms with van der Waals surface area (Å²) in [6.07, 6.45) is 5.31. The third kappa shape index (κ3) is 4.40. The zero-order valence-corrected chi connectivity index (χ0v) is 10.8. The molecule has 4 unspecified atom stereocenters. The summed E-state index contributed by atoms with van der Waals surface area (Å²) < 4.78 is 10.9. The topological polar surface area (TPSA) is 38.7 Å². The molecule has 0 aromatic heterocycles. The number of methoxy groups -OCH3 is 1. The van der Waals surface area contributed by atoms with Crippen molar-refractivity contribution in [3.63, 3.8) is 0 Å². The first kappa shape index (κ1) is 13.9. The Morgan fingerprint density at radius 1 is 1.38 bits per heavy atom. The Balaban J connectivity index is 2.36. The highest BCUT2D eigenvalue weighted by atomic mass is 16.5. The van der Waals surface area contributed by atoms with E-state index in [1.165, 1.54) is 12.8 Å². The molecule has 96 valence electrons. The summed E-state index contributed by atoms with van der Waals surface area (Å²) >= 11 is 0. The van der Waals surface area contributed by atoms with Gasteiger partial charge in [0.1, 0.15) is 0 Å². The second-order valence-corrected chi connectivity index (χ2v) is 4.98. The summed E-state index contributed by atoms with van der Waals surface area (Å²) in [5, 5.41) is 9.91. The lowest BCUT2D eigenvalue weighted by molar-refractivity contribution is -0.114. The summed E-state index contributed by atoms with van der Waals surface area (Å²) in [5.41, 5.74) is 0. The van der Waals surface area contributed by atoms with E-state index in [0.717, 1.165) is 25.2 Å². The fraction of sp³-hybridized carbons (Fsp3) is 1.00. The van der Waals surface area contributed by atoms with E-state index >= 15 is 0 Å². The first-order chi connectivity index (χ1) is 7.67. The highest BCUT2D eigenvalue weighted by Crippen LogP contribution is 2.30. The van der Waals surface area contributed by atoms with Crippen LogP contribution < -0.4 is 0 Å². The Labute approximate surface area is 99.1 Å². The molecule has 1 aliphatic carbocycles. The Kier molecular flexibility index (Phi) is 6.32. The summed E-state index contributed by atoms with van der Waals surface area (Å²) in [6.45, 7) is 4.82. The van der Waals surface area contributed by atoms with Crippen molar-refractivity contribution in [3.8, 4) is 0 Å². The van der Waals surface area contributed by atoms with Gasteiger partial charge in [0.05, 0.1) is 24.9 Å². The van der Waals surface area contributed by atoms with Gasteiger partial charge in [-0.25, -0.2) is 0 Å². The number of aliphatic hydroxyl groups is 1. The molecular weight excluding hydrogens is 204 g/mol. The third-order valence-electron chi connectivity index (χ3n) is 3.37. The highest BCUT2D eigenvalue weighted by molar-refractivity contribution is 4.81. The van der Waals surface area contributed by atoms with Crippen LogP contribution in [0.15, 0.2) is 0 Å². The van der Waals surface area contributed by atoms with Gasteiger partial charge in [0.15, 0.2) is 0 Å². The molecule has 0 aromatic rings. The lowest BCUT2D eigenvalue weighted by atomic mass is 9.83. The number of rotatable bonds is 6. The van der Waals surface area contributed by atoms with Gasteiger partial charge in [-0.05, 0) is 32.1 Å². The van der Waals surface area contributed by atoms with Crippen LogP contribution in [0.4, 0.5) is 0 Å². The van der Waals surface area contributed by atoms with Gasteiger partial charge in [0.25, 0.3) is 0 Å². The lowest BCUT2D eigenvalue weighted by Gasteiger charge is -2.34. The lowest BCUT2D eigenvalue weighted by Crippen LogP contribution is -2.38. The average Bonchev–Trinajstić information content (AvgIpc) is 2.24. The molecule has 0 saturated heterocycles. The molecule has 0 radical (unpaired) electrons. The van der Waals surface area contributed by atoms with E-state index < -0.39 is 0 Å². The van der Waals surface area contributed by atoms with Gasteiger partial charge < -0.3 is 14.6 Å². The van der Waals surface area contributed by atoms with Crippen molar-refractivity contribution in [2.24, 2.45) is 5.92 Å². The smallest absolute Gasteiger partial charge is 0.0841 e. The quantitative estimate of drug-likeness (QED) is 0.761. The Morgan fingerprint density at radius 3 is 2.75 bits per heavy atom. The zero-order valence-electron chi connectivity index (χ0n) is 10.8. The molecule has 1 aliphatic rings. The summed E-state index contributed by atoms with van der Waals surface area (Å²) in [5.74, 6) is 0.730. The van der Waals surface area contributed by atoms with Crippen LogP contribution in [0, 0.1) is 5.92 Å². The van der Waals surface area contributed by atoms with E-state index in [-0.39, 0.29) is 18.3 Å². The number of hydrogen-bond donors (Lipinski definition) is 1. The molecule has 1 fully saturated rings. The van der Waals surface area contributed by atoms with Crippen LogP contribution >= 0.6 is 0 Å². The molecule has 1 rings (SSSR count). The van der Waals surface area contributed by atoms with Crippen molar-refractivity contribution in [1.82, 2.24) is 0 Å². The summed E-state index contributed by atoms with van der Waals surface area (Å²) in [7, 11) is 1.68. The van der Waals surface area contributed by atoms with Crippen LogP contribution in [-0.4, -0.2) is 37.1 Å². The van der Waals surface area contributed by atoms with Gasteiger partial charge in [0, 0.05) is 7.11 Å². The van der Waals surface area contributed by atoms with Gasteiger partial charge >= 0.3 is 0 Å². The number of aliphatic hydroxyl groups excluding tert-OH is 1. The monoisotopic (exact) mass is 230 g/mol. The fourth-order valence-electron chi connectivity index (χ4n) is 2.58. The molecule has 0 spiro atoms. The first-order valence-corrected chi connectivity index (χ1v) is 6.49. The normalized spacial score (nSPS) is 32.6. The van der Waals surface area contributed by atoms with E-state index in [4.69, 9.17) is 9.47 Å². The second-order valence-electron chi connectivity index (χ2n) is 4.98.